The summed E-state index contributed by atoms with van der Waals surface area (Å²) in [6.07, 6.45) is 1.68. The van der Waals surface area contributed by atoms with Crippen molar-refractivity contribution >= 4 is 27.7 Å². The number of carbonyl (C=O) groups excluding carboxylic acids is 2. The predicted octanol–water partition coefficient (Wildman–Crippen LogP) is 2.34. The second-order valence-electron chi connectivity index (χ2n) is 5.48. The quantitative estimate of drug-likeness (QED) is 0.639. The van der Waals surface area contributed by atoms with Crippen molar-refractivity contribution in [2.24, 2.45) is 5.73 Å². The molecular weight excluding hydrogens is 365 g/mol. The van der Waals surface area contributed by atoms with E-state index in [0.29, 0.717) is 11.0 Å². The van der Waals surface area contributed by atoms with Crippen molar-refractivity contribution in [3.63, 3.8) is 0 Å². The van der Waals surface area contributed by atoms with Gasteiger partial charge in [0.2, 0.25) is 5.91 Å². The van der Waals surface area contributed by atoms with Crippen molar-refractivity contribution in [1.29, 1.82) is 0 Å². The van der Waals surface area contributed by atoms with E-state index in [1.54, 1.807) is 0 Å². The van der Waals surface area contributed by atoms with E-state index < -0.39 is 17.3 Å². The van der Waals surface area contributed by atoms with Crippen LogP contribution in [-0.2, 0) is 4.79 Å². The minimum atomic E-state index is -0.491. The molecule has 5 nitrogen and oxygen atoms in total. The summed E-state index contributed by atoms with van der Waals surface area (Å²) >= 11 is 3.19. The van der Waals surface area contributed by atoms with Crippen molar-refractivity contribution < 1.29 is 14.0 Å². The highest BCUT2D eigenvalue weighted by atomic mass is 79.9. The molecule has 0 spiro atoms. The molecule has 0 saturated carbocycles. The van der Waals surface area contributed by atoms with Crippen LogP contribution in [0.5, 0.6) is 0 Å². The van der Waals surface area contributed by atoms with Crippen molar-refractivity contribution in [1.82, 2.24) is 10.6 Å². The Bertz CT molecular complexity index is 562. The third-order valence-electron chi connectivity index (χ3n) is 3.86. The van der Waals surface area contributed by atoms with Crippen LogP contribution in [0.3, 0.4) is 0 Å². The van der Waals surface area contributed by atoms with Gasteiger partial charge in [-0.25, -0.2) is 4.39 Å². The number of benzene rings is 1. The molecule has 0 aromatic heterocycles. The molecule has 0 radical (unpaired) electrons. The lowest BCUT2D eigenvalue weighted by Crippen LogP contribution is -2.49. The summed E-state index contributed by atoms with van der Waals surface area (Å²) in [6.45, 7) is 4.53. The molecule has 0 saturated heterocycles. The van der Waals surface area contributed by atoms with E-state index in [9.17, 15) is 14.0 Å². The number of rotatable bonds is 8. The Morgan fingerprint density at radius 3 is 2.52 bits per heavy atom. The molecule has 0 heterocycles. The lowest BCUT2D eigenvalue weighted by atomic mass is 9.94. The number of carbonyl (C=O) groups is 2. The molecule has 0 bridgehead atoms. The maximum absolute atomic E-state index is 13.2. The normalized spacial score (nSPS) is 11.2. The highest BCUT2D eigenvalue weighted by Gasteiger charge is 2.20. The molecule has 0 aliphatic carbocycles. The third kappa shape index (κ3) is 6.27. The Morgan fingerprint density at radius 1 is 1.26 bits per heavy atom. The number of hydrogen-bond acceptors (Lipinski definition) is 3. The third-order valence-corrected chi connectivity index (χ3v) is 4.55. The molecule has 0 aliphatic heterocycles. The maximum atomic E-state index is 13.2. The molecular formula is C16H23BrFN3O2. The molecule has 23 heavy (non-hydrogen) atoms. The molecule has 4 N–H and O–H groups in total. The fraction of sp³-hybridized carbons (Fsp3) is 0.500. The summed E-state index contributed by atoms with van der Waals surface area (Å²) in [5.41, 5.74) is 5.90. The number of hydrogen-bond donors (Lipinski definition) is 3. The molecule has 1 rings (SSSR count). The van der Waals surface area contributed by atoms with E-state index in [4.69, 9.17) is 5.73 Å². The van der Waals surface area contributed by atoms with Gasteiger partial charge in [-0.2, -0.15) is 0 Å². The largest absolute Gasteiger partial charge is 0.354 e. The van der Waals surface area contributed by atoms with Gasteiger partial charge in [-0.15, -0.1) is 0 Å². The van der Waals surface area contributed by atoms with E-state index in [1.165, 1.54) is 12.1 Å². The van der Waals surface area contributed by atoms with Gasteiger partial charge in [0.05, 0.1) is 5.56 Å². The molecule has 7 heteroatoms. The van der Waals surface area contributed by atoms with Gasteiger partial charge in [0, 0.05) is 29.5 Å². The van der Waals surface area contributed by atoms with Gasteiger partial charge in [-0.05, 0) is 47.0 Å². The second-order valence-corrected chi connectivity index (χ2v) is 6.33. The summed E-state index contributed by atoms with van der Waals surface area (Å²) in [5, 5.41) is 5.37. The summed E-state index contributed by atoms with van der Waals surface area (Å²) in [7, 11) is 0. The van der Waals surface area contributed by atoms with E-state index in [1.807, 2.05) is 13.8 Å². The zero-order chi connectivity index (χ0) is 17.5. The van der Waals surface area contributed by atoms with Gasteiger partial charge in [-0.3, -0.25) is 9.59 Å². The van der Waals surface area contributed by atoms with E-state index in [-0.39, 0.29) is 24.4 Å². The maximum Gasteiger partial charge on any atom is 0.252 e. The van der Waals surface area contributed by atoms with Crippen LogP contribution in [0.4, 0.5) is 4.39 Å². The standard InChI is InChI=1S/C16H23BrFN3O2/c1-3-16(19,4-2)10-21-14(22)7-8-20-15(23)12-9-11(18)5-6-13(12)17/h5-6,9H,3-4,7-8,10,19H2,1-2H3,(H,20,23)(H,21,22). The number of nitrogens with one attached hydrogen (secondary N) is 2. The van der Waals surface area contributed by atoms with Crippen LogP contribution in [-0.4, -0.2) is 30.4 Å². The minimum Gasteiger partial charge on any atom is -0.354 e. The Morgan fingerprint density at radius 2 is 1.91 bits per heavy atom. The Kier molecular flexibility index (Phi) is 7.64. The number of halogens is 2. The van der Waals surface area contributed by atoms with Gasteiger partial charge < -0.3 is 16.4 Å². The topological polar surface area (TPSA) is 84.2 Å². The van der Waals surface area contributed by atoms with Gasteiger partial charge >= 0.3 is 0 Å². The number of nitrogens with two attached hydrogens (primary N) is 1. The summed E-state index contributed by atoms with van der Waals surface area (Å²) in [5.74, 6) is -1.10. The molecule has 1 aromatic rings. The molecule has 128 valence electrons. The van der Waals surface area contributed by atoms with Crippen LogP contribution in [0.15, 0.2) is 22.7 Å². The smallest absolute Gasteiger partial charge is 0.252 e. The lowest BCUT2D eigenvalue weighted by Gasteiger charge is -2.26. The van der Waals surface area contributed by atoms with E-state index in [0.717, 1.165) is 18.9 Å². The molecule has 0 atom stereocenters. The Hall–Kier alpha value is -1.47. The zero-order valence-electron chi connectivity index (χ0n) is 13.4. The second kappa shape index (κ2) is 8.98. The van der Waals surface area contributed by atoms with Gasteiger partial charge in [-0.1, -0.05) is 13.8 Å². The van der Waals surface area contributed by atoms with Gasteiger partial charge in [0.25, 0.3) is 5.91 Å². The average Bonchev–Trinajstić information content (AvgIpc) is 2.54. The fourth-order valence-corrected chi connectivity index (χ4v) is 2.35. The molecule has 0 unspecified atom stereocenters. The minimum absolute atomic E-state index is 0.141. The monoisotopic (exact) mass is 387 g/mol. The SMILES string of the molecule is CCC(N)(CC)CNC(=O)CCNC(=O)c1cc(F)ccc1Br. The fourth-order valence-electron chi connectivity index (χ4n) is 1.92. The van der Waals surface area contributed by atoms with E-state index in [2.05, 4.69) is 26.6 Å². The van der Waals surface area contributed by atoms with Crippen LogP contribution in [0.1, 0.15) is 43.5 Å². The predicted molar refractivity (Wildman–Crippen MR) is 91.6 cm³/mol. The zero-order valence-corrected chi connectivity index (χ0v) is 15.0. The van der Waals surface area contributed by atoms with Crippen LogP contribution in [0, 0.1) is 5.82 Å². The van der Waals surface area contributed by atoms with Crippen molar-refractivity contribution in [2.45, 2.75) is 38.6 Å². The van der Waals surface area contributed by atoms with Gasteiger partial charge in [0.1, 0.15) is 5.82 Å². The summed E-state index contributed by atoms with van der Waals surface area (Å²) in [6, 6.07) is 3.87. The number of amides is 2. The Labute approximate surface area is 144 Å². The van der Waals surface area contributed by atoms with Crippen molar-refractivity contribution in [2.75, 3.05) is 13.1 Å². The van der Waals surface area contributed by atoms with Gasteiger partial charge in [0.15, 0.2) is 0 Å². The van der Waals surface area contributed by atoms with Crippen LogP contribution in [0.25, 0.3) is 0 Å². The first-order chi connectivity index (χ1) is 10.8. The highest BCUT2D eigenvalue weighted by Crippen LogP contribution is 2.17. The average molecular weight is 388 g/mol. The molecule has 2 amide bonds. The lowest BCUT2D eigenvalue weighted by molar-refractivity contribution is -0.121. The van der Waals surface area contributed by atoms with Crippen LogP contribution < -0.4 is 16.4 Å². The summed E-state index contributed by atoms with van der Waals surface area (Å²) < 4.78 is 13.7. The molecule has 1 aromatic carbocycles. The summed E-state index contributed by atoms with van der Waals surface area (Å²) in [4.78, 5) is 23.7. The highest BCUT2D eigenvalue weighted by molar-refractivity contribution is 9.10. The Balaban J connectivity index is 2.40. The van der Waals surface area contributed by atoms with Crippen molar-refractivity contribution in [3.8, 4) is 0 Å². The van der Waals surface area contributed by atoms with Crippen LogP contribution >= 0.6 is 15.9 Å². The van der Waals surface area contributed by atoms with Crippen molar-refractivity contribution in [3.05, 3.63) is 34.1 Å². The first-order valence-corrected chi connectivity index (χ1v) is 8.39. The molecule has 0 fully saturated rings. The first kappa shape index (κ1) is 19.6. The van der Waals surface area contributed by atoms with E-state index >= 15 is 0 Å². The first-order valence-electron chi connectivity index (χ1n) is 7.60. The molecule has 0 aliphatic rings. The van der Waals surface area contributed by atoms with Crippen LogP contribution in [0.2, 0.25) is 0 Å².